The van der Waals surface area contributed by atoms with E-state index in [0.29, 0.717) is 35.1 Å². The normalized spacial score (nSPS) is 12.2. The van der Waals surface area contributed by atoms with Crippen molar-refractivity contribution in [1.82, 2.24) is 44.5 Å². The van der Waals surface area contributed by atoms with Gasteiger partial charge in [0.25, 0.3) is 11.8 Å². The average Bonchev–Trinajstić information content (AvgIpc) is 3.86. The number of hydrogen-bond acceptors (Lipinski definition) is 8. The first-order valence-corrected chi connectivity index (χ1v) is 14.2. The number of H-pyrrole nitrogens is 1. The number of aromatic nitrogens is 8. The number of fused-ring (bicyclic) bond motifs is 2. The molecule has 1 amide bonds. The van der Waals surface area contributed by atoms with Crippen LogP contribution in [0.3, 0.4) is 0 Å². The number of carbonyl (C=O) groups excluding carboxylic acids is 1. The van der Waals surface area contributed by atoms with Crippen molar-refractivity contribution in [3.63, 3.8) is 0 Å². The standard InChI is InChI=1S/C32H29N9O3/c1-19(29-36-24-11-9-22(17-26(24)37-29)41-14-12-33-18-41)30-38-25-10-8-21(16-27(25)40(30)3)31(42)34-13-15-43-28-7-5-4-6-23(28)32-35-20(2)39-44-32/h4-12,14,16-19H,13,15H2,1-3H3,(H,34,42)(H,36,37). The molecular weight excluding hydrogens is 558 g/mol. The fraction of sp³-hybridized carbons (Fsp3) is 0.188. The third kappa shape index (κ3) is 5.06. The van der Waals surface area contributed by atoms with Gasteiger partial charge in [0, 0.05) is 30.7 Å². The molecule has 12 heteroatoms. The summed E-state index contributed by atoms with van der Waals surface area (Å²) in [5.74, 6) is 2.89. The molecule has 7 rings (SSSR count). The van der Waals surface area contributed by atoms with E-state index in [1.54, 1.807) is 25.5 Å². The lowest BCUT2D eigenvalue weighted by Gasteiger charge is -2.10. The third-order valence-corrected chi connectivity index (χ3v) is 7.55. The number of nitrogens with one attached hydrogen (secondary N) is 2. The molecule has 0 radical (unpaired) electrons. The van der Waals surface area contributed by atoms with Gasteiger partial charge in [0.1, 0.15) is 24.0 Å². The second kappa shape index (κ2) is 11.1. The number of carbonyl (C=O) groups is 1. The van der Waals surface area contributed by atoms with E-state index in [0.717, 1.165) is 39.4 Å². The van der Waals surface area contributed by atoms with Crippen molar-refractivity contribution in [1.29, 1.82) is 0 Å². The summed E-state index contributed by atoms with van der Waals surface area (Å²) < 4.78 is 15.2. The van der Waals surface area contributed by atoms with Crippen LogP contribution >= 0.6 is 0 Å². The quantitative estimate of drug-likeness (QED) is 0.226. The van der Waals surface area contributed by atoms with Crippen molar-refractivity contribution in [3.05, 3.63) is 102 Å². The van der Waals surface area contributed by atoms with Crippen molar-refractivity contribution < 1.29 is 14.1 Å². The molecule has 0 aliphatic rings. The van der Waals surface area contributed by atoms with E-state index < -0.39 is 0 Å². The first kappa shape index (κ1) is 27.1. The molecule has 1 unspecified atom stereocenters. The van der Waals surface area contributed by atoms with Crippen LogP contribution < -0.4 is 10.1 Å². The van der Waals surface area contributed by atoms with Crippen LogP contribution in [0.2, 0.25) is 0 Å². The van der Waals surface area contributed by atoms with Gasteiger partial charge in [-0.3, -0.25) is 4.79 Å². The average molecular weight is 588 g/mol. The number of nitrogens with zero attached hydrogens (tertiary/aromatic N) is 7. The molecule has 220 valence electrons. The van der Waals surface area contributed by atoms with Gasteiger partial charge in [0.05, 0.1) is 46.4 Å². The Balaban J connectivity index is 1.03. The van der Waals surface area contributed by atoms with E-state index in [-0.39, 0.29) is 18.4 Å². The smallest absolute Gasteiger partial charge is 0.261 e. The highest BCUT2D eigenvalue weighted by molar-refractivity contribution is 5.97. The van der Waals surface area contributed by atoms with E-state index in [4.69, 9.17) is 19.2 Å². The van der Waals surface area contributed by atoms with Crippen LogP contribution in [0.4, 0.5) is 0 Å². The topological polar surface area (TPSA) is 142 Å². The Morgan fingerprint density at radius 1 is 1.07 bits per heavy atom. The Labute approximate surface area is 251 Å². The molecule has 4 aromatic heterocycles. The Morgan fingerprint density at radius 2 is 1.93 bits per heavy atom. The first-order chi connectivity index (χ1) is 21.4. The molecule has 12 nitrogen and oxygen atoms in total. The zero-order valence-electron chi connectivity index (χ0n) is 24.4. The minimum Gasteiger partial charge on any atom is -0.491 e. The fourth-order valence-corrected chi connectivity index (χ4v) is 5.26. The van der Waals surface area contributed by atoms with Gasteiger partial charge >= 0.3 is 0 Å². The van der Waals surface area contributed by atoms with E-state index in [2.05, 4.69) is 38.4 Å². The Morgan fingerprint density at radius 3 is 2.75 bits per heavy atom. The maximum Gasteiger partial charge on any atom is 0.261 e. The summed E-state index contributed by atoms with van der Waals surface area (Å²) in [6, 6.07) is 19.0. The number of aryl methyl sites for hydroxylation is 2. The van der Waals surface area contributed by atoms with E-state index >= 15 is 0 Å². The lowest BCUT2D eigenvalue weighted by Crippen LogP contribution is -2.28. The minimum atomic E-state index is -0.196. The van der Waals surface area contributed by atoms with Crippen molar-refractivity contribution in [2.75, 3.05) is 13.2 Å². The summed E-state index contributed by atoms with van der Waals surface area (Å²) in [6.45, 7) is 4.42. The predicted molar refractivity (Wildman–Crippen MR) is 164 cm³/mol. The van der Waals surface area contributed by atoms with Crippen LogP contribution in [0, 0.1) is 6.92 Å². The molecule has 44 heavy (non-hydrogen) atoms. The summed E-state index contributed by atoms with van der Waals surface area (Å²) in [5, 5.41) is 6.79. The van der Waals surface area contributed by atoms with Gasteiger partial charge in [-0.2, -0.15) is 4.98 Å². The molecule has 2 N–H and O–H groups in total. The molecule has 7 aromatic rings. The molecule has 0 aliphatic heterocycles. The number of benzene rings is 3. The molecule has 0 bridgehead atoms. The highest BCUT2D eigenvalue weighted by Crippen LogP contribution is 2.29. The second-order valence-electron chi connectivity index (χ2n) is 10.5. The van der Waals surface area contributed by atoms with Crippen LogP contribution in [0.25, 0.3) is 39.2 Å². The van der Waals surface area contributed by atoms with E-state index in [9.17, 15) is 4.79 Å². The van der Waals surface area contributed by atoms with Gasteiger partial charge in [0.2, 0.25) is 0 Å². The zero-order chi connectivity index (χ0) is 30.2. The summed E-state index contributed by atoms with van der Waals surface area (Å²) in [7, 11) is 1.96. The number of aromatic amines is 1. The molecule has 0 saturated heterocycles. The van der Waals surface area contributed by atoms with Crippen LogP contribution in [-0.4, -0.2) is 58.3 Å². The number of rotatable bonds is 9. The number of para-hydroxylation sites is 1. The lowest BCUT2D eigenvalue weighted by atomic mass is 10.1. The molecule has 3 aromatic carbocycles. The Kier molecular flexibility index (Phi) is 6.85. The summed E-state index contributed by atoms with van der Waals surface area (Å²) in [5.41, 5.74) is 5.73. The highest BCUT2D eigenvalue weighted by atomic mass is 16.5. The van der Waals surface area contributed by atoms with Gasteiger partial charge in [-0.25, -0.2) is 15.0 Å². The molecular formula is C32H29N9O3. The second-order valence-corrected chi connectivity index (χ2v) is 10.5. The van der Waals surface area contributed by atoms with Crippen LogP contribution in [0.5, 0.6) is 5.75 Å². The van der Waals surface area contributed by atoms with E-state index in [1.807, 2.05) is 70.9 Å². The van der Waals surface area contributed by atoms with Crippen molar-refractivity contribution in [3.8, 4) is 22.9 Å². The van der Waals surface area contributed by atoms with Crippen LogP contribution in [-0.2, 0) is 7.05 Å². The highest BCUT2D eigenvalue weighted by Gasteiger charge is 2.21. The summed E-state index contributed by atoms with van der Waals surface area (Å²) in [4.78, 5) is 34.6. The number of amides is 1. The predicted octanol–water partition coefficient (Wildman–Crippen LogP) is 4.95. The van der Waals surface area contributed by atoms with E-state index in [1.165, 1.54) is 0 Å². The summed E-state index contributed by atoms with van der Waals surface area (Å²) >= 11 is 0. The molecule has 0 fully saturated rings. The summed E-state index contributed by atoms with van der Waals surface area (Å²) in [6.07, 6.45) is 5.42. The van der Waals surface area contributed by atoms with Crippen molar-refractivity contribution in [2.24, 2.45) is 7.05 Å². The molecule has 0 spiro atoms. The third-order valence-electron chi connectivity index (χ3n) is 7.55. The maximum atomic E-state index is 13.0. The zero-order valence-corrected chi connectivity index (χ0v) is 24.4. The van der Waals surface area contributed by atoms with Crippen LogP contribution in [0.15, 0.2) is 83.9 Å². The number of ether oxygens (including phenoxy) is 1. The number of hydrogen-bond donors (Lipinski definition) is 2. The largest absolute Gasteiger partial charge is 0.491 e. The van der Waals surface area contributed by atoms with Crippen LogP contribution in [0.1, 0.15) is 40.7 Å². The first-order valence-electron chi connectivity index (χ1n) is 14.2. The molecule has 4 heterocycles. The molecule has 1 atom stereocenters. The number of imidazole rings is 3. The van der Waals surface area contributed by atoms with Gasteiger partial charge in [-0.15, -0.1) is 0 Å². The van der Waals surface area contributed by atoms with Gasteiger partial charge in [0.15, 0.2) is 5.82 Å². The Hall–Kier alpha value is -5.78. The van der Waals surface area contributed by atoms with Gasteiger partial charge in [-0.1, -0.05) is 17.3 Å². The van der Waals surface area contributed by atoms with Gasteiger partial charge < -0.3 is 28.7 Å². The maximum absolute atomic E-state index is 13.0. The minimum absolute atomic E-state index is 0.107. The molecule has 0 saturated carbocycles. The fourth-order valence-electron chi connectivity index (χ4n) is 5.26. The monoisotopic (exact) mass is 587 g/mol. The van der Waals surface area contributed by atoms with Gasteiger partial charge in [-0.05, 0) is 62.4 Å². The Bertz CT molecular complexity index is 2110. The van der Waals surface area contributed by atoms with Crippen molar-refractivity contribution >= 4 is 28.0 Å². The SMILES string of the molecule is Cc1noc(-c2ccccc2OCCNC(=O)c2ccc3nc(C(C)c4nc5ccc(-n6ccnc6)cc5[nH]4)n(C)c3c2)n1. The molecule has 0 aliphatic carbocycles. The van der Waals surface area contributed by atoms with Crippen molar-refractivity contribution in [2.45, 2.75) is 19.8 Å². The lowest BCUT2D eigenvalue weighted by molar-refractivity contribution is 0.0947.